The van der Waals surface area contributed by atoms with Crippen LogP contribution in [0.15, 0.2) is 28.0 Å². The highest BCUT2D eigenvalue weighted by molar-refractivity contribution is 7.99. The molecule has 5 heteroatoms. The zero-order chi connectivity index (χ0) is 12.3. The molecule has 16 heavy (non-hydrogen) atoms. The number of nitrogens with two attached hydrogens (primary N) is 1. The summed E-state index contributed by atoms with van der Waals surface area (Å²) >= 11 is 1.44. The molecule has 0 saturated carbocycles. The number of rotatable bonds is 4. The normalized spacial score (nSPS) is 13.8. The molecule has 0 amide bonds. The highest BCUT2D eigenvalue weighted by atomic mass is 32.2. The quantitative estimate of drug-likeness (QED) is 0.839. The summed E-state index contributed by atoms with van der Waals surface area (Å²) in [5.41, 5.74) is 6.68. The topological polar surface area (TPSA) is 60.2 Å². The summed E-state index contributed by atoms with van der Waals surface area (Å²) < 4.78 is 23.1. The van der Waals surface area contributed by atoms with E-state index in [9.17, 15) is 8.42 Å². The SMILES string of the molecule is CSc1cc(C(C)CN)ccc1S(C)(=O)=O. The van der Waals surface area contributed by atoms with Crippen molar-refractivity contribution >= 4 is 21.6 Å². The zero-order valence-corrected chi connectivity index (χ0v) is 11.4. The fourth-order valence-electron chi connectivity index (χ4n) is 1.43. The van der Waals surface area contributed by atoms with Gasteiger partial charge in [-0.2, -0.15) is 0 Å². The fraction of sp³-hybridized carbons (Fsp3) is 0.455. The number of sulfone groups is 1. The van der Waals surface area contributed by atoms with E-state index < -0.39 is 9.84 Å². The van der Waals surface area contributed by atoms with Gasteiger partial charge in [0.15, 0.2) is 9.84 Å². The number of benzene rings is 1. The van der Waals surface area contributed by atoms with Gasteiger partial charge in [0.2, 0.25) is 0 Å². The van der Waals surface area contributed by atoms with Crippen LogP contribution in [0.25, 0.3) is 0 Å². The molecule has 0 bridgehead atoms. The summed E-state index contributed by atoms with van der Waals surface area (Å²) in [4.78, 5) is 1.19. The standard InChI is InChI=1S/C11H17NO2S2/c1-8(7-12)9-4-5-11(16(3,13)14)10(6-9)15-2/h4-6,8H,7,12H2,1-3H3. The average Bonchev–Trinajstić information content (AvgIpc) is 2.25. The minimum absolute atomic E-state index is 0.250. The van der Waals surface area contributed by atoms with Gasteiger partial charge in [0.25, 0.3) is 0 Å². The third-order valence-electron chi connectivity index (χ3n) is 2.51. The predicted octanol–water partition coefficient (Wildman–Crippen LogP) is 1.87. The van der Waals surface area contributed by atoms with Gasteiger partial charge in [-0.25, -0.2) is 8.42 Å². The molecule has 0 spiro atoms. The minimum Gasteiger partial charge on any atom is -0.330 e. The smallest absolute Gasteiger partial charge is 0.176 e. The molecule has 1 atom stereocenters. The van der Waals surface area contributed by atoms with Gasteiger partial charge in [0, 0.05) is 11.2 Å². The van der Waals surface area contributed by atoms with Gasteiger partial charge in [-0.3, -0.25) is 0 Å². The van der Waals surface area contributed by atoms with Gasteiger partial charge >= 0.3 is 0 Å². The molecule has 0 aromatic heterocycles. The van der Waals surface area contributed by atoms with E-state index >= 15 is 0 Å². The van der Waals surface area contributed by atoms with Crippen LogP contribution in [-0.4, -0.2) is 27.5 Å². The van der Waals surface area contributed by atoms with E-state index in [4.69, 9.17) is 5.73 Å². The molecule has 0 aliphatic carbocycles. The van der Waals surface area contributed by atoms with Gasteiger partial charge in [0.05, 0.1) is 4.90 Å². The van der Waals surface area contributed by atoms with Crippen LogP contribution in [0.2, 0.25) is 0 Å². The number of thioether (sulfide) groups is 1. The predicted molar refractivity (Wildman–Crippen MR) is 68.8 cm³/mol. The first-order chi connectivity index (χ1) is 7.40. The maximum absolute atomic E-state index is 11.5. The van der Waals surface area contributed by atoms with Crippen molar-refractivity contribution in [1.82, 2.24) is 0 Å². The summed E-state index contributed by atoms with van der Waals surface area (Å²) in [6.07, 6.45) is 3.11. The van der Waals surface area contributed by atoms with Crippen molar-refractivity contribution in [3.05, 3.63) is 23.8 Å². The summed E-state index contributed by atoms with van der Waals surface area (Å²) in [5.74, 6) is 0.250. The Morgan fingerprint density at radius 1 is 1.44 bits per heavy atom. The maximum atomic E-state index is 11.5. The van der Waals surface area contributed by atoms with Crippen molar-refractivity contribution in [2.75, 3.05) is 19.1 Å². The molecule has 1 rings (SSSR count). The molecule has 0 saturated heterocycles. The first kappa shape index (κ1) is 13.5. The lowest BCUT2D eigenvalue weighted by Crippen LogP contribution is -2.09. The summed E-state index contributed by atoms with van der Waals surface area (Å²) in [5, 5.41) is 0. The Labute approximate surface area is 101 Å². The average molecular weight is 259 g/mol. The van der Waals surface area contributed by atoms with Gasteiger partial charge in [0.1, 0.15) is 0 Å². The lowest BCUT2D eigenvalue weighted by molar-refractivity contribution is 0.599. The molecule has 0 radical (unpaired) electrons. The van der Waals surface area contributed by atoms with Gasteiger partial charge in [-0.1, -0.05) is 13.0 Å². The Bertz CT molecular complexity index is 469. The number of hydrogen-bond acceptors (Lipinski definition) is 4. The van der Waals surface area contributed by atoms with Crippen LogP contribution in [0.4, 0.5) is 0 Å². The third-order valence-corrected chi connectivity index (χ3v) is 4.57. The van der Waals surface area contributed by atoms with E-state index in [0.29, 0.717) is 11.4 Å². The molecular weight excluding hydrogens is 242 g/mol. The number of hydrogen-bond donors (Lipinski definition) is 1. The lowest BCUT2D eigenvalue weighted by atomic mass is 10.0. The van der Waals surface area contributed by atoms with Crippen molar-refractivity contribution in [3.8, 4) is 0 Å². The van der Waals surface area contributed by atoms with Gasteiger partial charge in [-0.15, -0.1) is 11.8 Å². The molecule has 0 heterocycles. The Kier molecular flexibility index (Phi) is 4.41. The Balaban J connectivity index is 3.28. The van der Waals surface area contributed by atoms with Crippen molar-refractivity contribution in [2.45, 2.75) is 22.6 Å². The van der Waals surface area contributed by atoms with Crippen molar-refractivity contribution in [1.29, 1.82) is 0 Å². The molecule has 0 fully saturated rings. The van der Waals surface area contributed by atoms with E-state index in [2.05, 4.69) is 0 Å². The zero-order valence-electron chi connectivity index (χ0n) is 9.73. The van der Waals surface area contributed by atoms with Crippen LogP contribution in [-0.2, 0) is 9.84 Å². The van der Waals surface area contributed by atoms with E-state index in [-0.39, 0.29) is 5.92 Å². The summed E-state index contributed by atoms with van der Waals surface area (Å²) in [7, 11) is -3.15. The lowest BCUT2D eigenvalue weighted by Gasteiger charge is -2.12. The Morgan fingerprint density at radius 3 is 2.50 bits per heavy atom. The molecule has 2 N–H and O–H groups in total. The third kappa shape index (κ3) is 2.99. The molecular formula is C11H17NO2S2. The van der Waals surface area contributed by atoms with Crippen molar-refractivity contribution in [2.24, 2.45) is 5.73 Å². The van der Waals surface area contributed by atoms with Crippen LogP contribution in [0.5, 0.6) is 0 Å². The molecule has 1 unspecified atom stereocenters. The van der Waals surface area contributed by atoms with Crippen LogP contribution in [0.1, 0.15) is 18.4 Å². The van der Waals surface area contributed by atoms with Crippen LogP contribution >= 0.6 is 11.8 Å². The maximum Gasteiger partial charge on any atom is 0.176 e. The summed E-state index contributed by atoms with van der Waals surface area (Å²) in [6, 6.07) is 5.43. The molecule has 0 aliphatic rings. The molecule has 3 nitrogen and oxygen atoms in total. The molecule has 1 aromatic rings. The van der Waals surface area contributed by atoms with Crippen LogP contribution < -0.4 is 5.73 Å². The van der Waals surface area contributed by atoms with Crippen LogP contribution in [0.3, 0.4) is 0 Å². The Hall–Kier alpha value is -0.520. The second kappa shape index (κ2) is 5.21. The Morgan fingerprint density at radius 2 is 2.06 bits per heavy atom. The van der Waals surface area contributed by atoms with E-state index in [0.717, 1.165) is 10.5 Å². The first-order valence-electron chi connectivity index (χ1n) is 4.98. The van der Waals surface area contributed by atoms with E-state index in [1.165, 1.54) is 18.0 Å². The second-order valence-corrected chi connectivity index (χ2v) is 6.65. The molecule has 1 aromatic carbocycles. The fourth-order valence-corrected chi connectivity index (χ4v) is 3.40. The second-order valence-electron chi connectivity index (χ2n) is 3.82. The summed E-state index contributed by atoms with van der Waals surface area (Å²) in [6.45, 7) is 2.59. The minimum atomic E-state index is -3.15. The van der Waals surface area contributed by atoms with Gasteiger partial charge < -0.3 is 5.73 Å². The van der Waals surface area contributed by atoms with Crippen molar-refractivity contribution < 1.29 is 8.42 Å². The first-order valence-corrected chi connectivity index (χ1v) is 8.09. The van der Waals surface area contributed by atoms with Gasteiger partial charge in [-0.05, 0) is 36.4 Å². The van der Waals surface area contributed by atoms with Crippen molar-refractivity contribution in [3.63, 3.8) is 0 Å². The largest absolute Gasteiger partial charge is 0.330 e. The highest BCUT2D eigenvalue weighted by Crippen LogP contribution is 2.28. The van der Waals surface area contributed by atoms with E-state index in [1.807, 2.05) is 25.3 Å². The monoisotopic (exact) mass is 259 g/mol. The molecule has 0 aliphatic heterocycles. The van der Waals surface area contributed by atoms with E-state index in [1.54, 1.807) is 6.07 Å². The molecule has 90 valence electrons. The highest BCUT2D eigenvalue weighted by Gasteiger charge is 2.14. The van der Waals surface area contributed by atoms with Crippen LogP contribution in [0, 0.1) is 0 Å².